The molecular formula is C11H10N4S. The van der Waals surface area contributed by atoms with Crippen LogP contribution in [0.4, 0.5) is 5.69 Å². The van der Waals surface area contributed by atoms with Crippen molar-refractivity contribution in [3.63, 3.8) is 0 Å². The summed E-state index contributed by atoms with van der Waals surface area (Å²) in [6.45, 7) is 1.98. The van der Waals surface area contributed by atoms with Gasteiger partial charge in [0.1, 0.15) is 5.65 Å². The van der Waals surface area contributed by atoms with Crippen molar-refractivity contribution in [2.45, 2.75) is 6.92 Å². The van der Waals surface area contributed by atoms with E-state index in [0.29, 0.717) is 0 Å². The Balaban J connectivity index is 2.38. The Hall–Kier alpha value is -1.88. The van der Waals surface area contributed by atoms with Gasteiger partial charge in [0.25, 0.3) is 0 Å². The first-order valence-electron chi connectivity index (χ1n) is 4.88. The van der Waals surface area contributed by atoms with Gasteiger partial charge >= 0.3 is 0 Å². The molecule has 5 heteroatoms. The van der Waals surface area contributed by atoms with E-state index < -0.39 is 0 Å². The molecule has 0 aromatic carbocycles. The molecule has 0 saturated heterocycles. The van der Waals surface area contributed by atoms with Crippen molar-refractivity contribution >= 4 is 22.7 Å². The van der Waals surface area contributed by atoms with Crippen molar-refractivity contribution in [3.8, 4) is 11.4 Å². The van der Waals surface area contributed by atoms with Gasteiger partial charge in [-0.25, -0.2) is 9.97 Å². The Labute approximate surface area is 96.4 Å². The lowest BCUT2D eigenvalue weighted by molar-refractivity contribution is 1.17. The van der Waals surface area contributed by atoms with Gasteiger partial charge in [0.15, 0.2) is 0 Å². The fraction of sp³-hybridized carbons (Fsp3) is 0.0909. The molecule has 16 heavy (non-hydrogen) atoms. The fourth-order valence-electron chi connectivity index (χ4n) is 1.82. The van der Waals surface area contributed by atoms with E-state index >= 15 is 0 Å². The van der Waals surface area contributed by atoms with Crippen LogP contribution in [0.1, 0.15) is 5.69 Å². The van der Waals surface area contributed by atoms with Crippen molar-refractivity contribution in [1.82, 2.24) is 14.4 Å². The zero-order chi connectivity index (χ0) is 11.1. The predicted molar refractivity (Wildman–Crippen MR) is 65.4 cm³/mol. The molecule has 80 valence electrons. The van der Waals surface area contributed by atoms with Crippen molar-refractivity contribution in [3.05, 3.63) is 34.9 Å². The Morgan fingerprint density at radius 3 is 3.00 bits per heavy atom. The number of rotatable bonds is 1. The van der Waals surface area contributed by atoms with Gasteiger partial charge < -0.3 is 5.73 Å². The second-order valence-corrected chi connectivity index (χ2v) is 4.33. The van der Waals surface area contributed by atoms with E-state index in [1.165, 1.54) is 0 Å². The smallest absolute Gasteiger partial charge is 0.137 e. The highest BCUT2D eigenvalue weighted by molar-refractivity contribution is 7.07. The number of anilines is 1. The Morgan fingerprint density at radius 2 is 2.25 bits per heavy atom. The number of hydrogen-bond donors (Lipinski definition) is 1. The molecule has 0 unspecified atom stereocenters. The van der Waals surface area contributed by atoms with Crippen molar-refractivity contribution in [2.75, 3.05) is 5.73 Å². The largest absolute Gasteiger partial charge is 0.398 e. The van der Waals surface area contributed by atoms with Crippen LogP contribution in [0.15, 0.2) is 29.2 Å². The van der Waals surface area contributed by atoms with Crippen LogP contribution in [0, 0.1) is 6.92 Å². The van der Waals surface area contributed by atoms with E-state index in [9.17, 15) is 0 Å². The van der Waals surface area contributed by atoms with Gasteiger partial charge in [-0.05, 0) is 19.1 Å². The van der Waals surface area contributed by atoms with E-state index in [2.05, 4.69) is 9.97 Å². The predicted octanol–water partition coefficient (Wildman–Crippen LogP) is 2.35. The van der Waals surface area contributed by atoms with Crippen LogP contribution in [0.25, 0.3) is 17.0 Å². The highest BCUT2D eigenvalue weighted by atomic mass is 32.1. The first-order chi connectivity index (χ1) is 7.75. The standard InChI is InChI=1S/C11H10N4S/c1-7-11(9-5-16-6-13-9)15-4-8(12)2-3-10(15)14-7/h2-6H,12H2,1H3. The van der Waals surface area contributed by atoms with Gasteiger partial charge in [0, 0.05) is 17.3 Å². The van der Waals surface area contributed by atoms with E-state index in [4.69, 9.17) is 5.73 Å². The quantitative estimate of drug-likeness (QED) is 0.698. The van der Waals surface area contributed by atoms with Gasteiger partial charge in [-0.3, -0.25) is 4.40 Å². The molecule has 0 amide bonds. The van der Waals surface area contributed by atoms with Gasteiger partial charge in [-0.1, -0.05) is 0 Å². The molecule has 0 aliphatic rings. The summed E-state index contributed by atoms with van der Waals surface area (Å²) in [5.74, 6) is 0. The third-order valence-electron chi connectivity index (χ3n) is 2.49. The van der Waals surface area contributed by atoms with Crippen molar-refractivity contribution < 1.29 is 0 Å². The summed E-state index contributed by atoms with van der Waals surface area (Å²) in [6.07, 6.45) is 1.88. The number of nitrogens with zero attached hydrogens (tertiary/aromatic N) is 3. The Morgan fingerprint density at radius 1 is 1.38 bits per heavy atom. The van der Waals surface area contributed by atoms with Crippen LogP contribution in [-0.4, -0.2) is 14.4 Å². The van der Waals surface area contributed by atoms with E-state index in [-0.39, 0.29) is 0 Å². The average Bonchev–Trinajstić information content (AvgIpc) is 2.83. The molecule has 0 radical (unpaired) electrons. The monoisotopic (exact) mass is 230 g/mol. The minimum atomic E-state index is 0.723. The lowest BCUT2D eigenvalue weighted by atomic mass is 10.3. The summed E-state index contributed by atoms with van der Waals surface area (Å²) in [5.41, 5.74) is 12.2. The number of aryl methyl sites for hydroxylation is 1. The SMILES string of the molecule is Cc1nc2ccc(N)cn2c1-c1cscn1. The van der Waals surface area contributed by atoms with E-state index in [1.807, 2.05) is 40.5 Å². The summed E-state index contributed by atoms with van der Waals surface area (Å²) in [7, 11) is 0. The van der Waals surface area contributed by atoms with Crippen LogP contribution in [-0.2, 0) is 0 Å². The number of nitrogens with two attached hydrogens (primary N) is 1. The average molecular weight is 230 g/mol. The minimum Gasteiger partial charge on any atom is -0.398 e. The lowest BCUT2D eigenvalue weighted by Gasteiger charge is -2.00. The third-order valence-corrected chi connectivity index (χ3v) is 3.08. The zero-order valence-corrected chi connectivity index (χ0v) is 9.53. The molecule has 0 saturated carbocycles. The normalized spacial score (nSPS) is 11.1. The highest BCUT2D eigenvalue weighted by Crippen LogP contribution is 2.25. The fourth-order valence-corrected chi connectivity index (χ4v) is 2.35. The van der Waals surface area contributed by atoms with Crippen LogP contribution in [0.5, 0.6) is 0 Å². The summed E-state index contributed by atoms with van der Waals surface area (Å²) in [6, 6.07) is 3.77. The number of fused-ring (bicyclic) bond motifs is 1. The zero-order valence-electron chi connectivity index (χ0n) is 8.71. The van der Waals surface area contributed by atoms with Crippen molar-refractivity contribution in [1.29, 1.82) is 0 Å². The molecule has 0 spiro atoms. The lowest BCUT2D eigenvalue weighted by Crippen LogP contribution is -1.92. The molecule has 3 aromatic rings. The first-order valence-corrected chi connectivity index (χ1v) is 5.83. The maximum Gasteiger partial charge on any atom is 0.137 e. The molecule has 2 N–H and O–H groups in total. The Bertz CT molecular complexity index is 639. The molecule has 0 atom stereocenters. The second-order valence-electron chi connectivity index (χ2n) is 3.61. The number of nitrogen functional groups attached to an aromatic ring is 1. The molecule has 3 aromatic heterocycles. The topological polar surface area (TPSA) is 56.2 Å². The minimum absolute atomic E-state index is 0.723. The maximum atomic E-state index is 5.79. The summed E-state index contributed by atoms with van der Waals surface area (Å²) in [4.78, 5) is 8.80. The molecule has 0 bridgehead atoms. The number of imidazole rings is 1. The van der Waals surface area contributed by atoms with Crippen LogP contribution in [0.3, 0.4) is 0 Å². The molecule has 0 aliphatic carbocycles. The summed E-state index contributed by atoms with van der Waals surface area (Å²) >= 11 is 1.58. The number of hydrogen-bond acceptors (Lipinski definition) is 4. The number of thiazole rings is 1. The van der Waals surface area contributed by atoms with Crippen LogP contribution < -0.4 is 5.73 Å². The molecular weight excluding hydrogens is 220 g/mol. The molecule has 0 fully saturated rings. The van der Waals surface area contributed by atoms with E-state index in [1.54, 1.807) is 11.3 Å². The molecule has 4 nitrogen and oxygen atoms in total. The summed E-state index contributed by atoms with van der Waals surface area (Å²) in [5, 5.41) is 2.01. The van der Waals surface area contributed by atoms with Gasteiger partial charge in [-0.2, -0.15) is 0 Å². The van der Waals surface area contributed by atoms with Crippen LogP contribution in [0.2, 0.25) is 0 Å². The number of pyridine rings is 1. The number of aromatic nitrogens is 3. The molecule has 0 aliphatic heterocycles. The first kappa shape index (κ1) is 9.35. The second kappa shape index (κ2) is 3.31. The van der Waals surface area contributed by atoms with Gasteiger partial charge in [0.05, 0.1) is 22.6 Å². The van der Waals surface area contributed by atoms with Gasteiger partial charge in [-0.15, -0.1) is 11.3 Å². The third kappa shape index (κ3) is 1.29. The summed E-state index contributed by atoms with van der Waals surface area (Å²) < 4.78 is 1.99. The van der Waals surface area contributed by atoms with Gasteiger partial charge in [0.2, 0.25) is 0 Å². The van der Waals surface area contributed by atoms with Crippen molar-refractivity contribution in [2.24, 2.45) is 0 Å². The highest BCUT2D eigenvalue weighted by Gasteiger charge is 2.12. The van der Waals surface area contributed by atoms with Crippen LogP contribution >= 0.6 is 11.3 Å². The Kier molecular flexibility index (Phi) is 1.94. The van der Waals surface area contributed by atoms with E-state index in [0.717, 1.165) is 28.4 Å². The molecule has 3 rings (SSSR count). The molecule has 3 heterocycles. The maximum absolute atomic E-state index is 5.79.